The molecular weight excluding hydrogens is 250 g/mol. The highest BCUT2D eigenvalue weighted by molar-refractivity contribution is 5.27. The minimum atomic E-state index is -0.195. The Morgan fingerprint density at radius 3 is 2.40 bits per heavy atom. The maximum absolute atomic E-state index is 9.16. The van der Waals surface area contributed by atoms with Crippen LogP contribution in [0.3, 0.4) is 0 Å². The van der Waals surface area contributed by atoms with Gasteiger partial charge in [-0.3, -0.25) is 0 Å². The number of aliphatic hydroxyl groups excluding tert-OH is 1. The normalized spacial score (nSPS) is 12.7. The van der Waals surface area contributed by atoms with Crippen molar-refractivity contribution in [1.82, 2.24) is 5.32 Å². The molecular formula is C17H29NO2. The van der Waals surface area contributed by atoms with Gasteiger partial charge in [-0.1, -0.05) is 26.0 Å². The molecule has 3 heteroatoms. The SMILES string of the molecule is CC(C)CCOc1ccc(CNCCCC(C)O)cc1. The average molecular weight is 279 g/mol. The van der Waals surface area contributed by atoms with E-state index in [4.69, 9.17) is 9.84 Å². The fraction of sp³-hybridized carbons (Fsp3) is 0.647. The minimum absolute atomic E-state index is 0.195. The largest absolute Gasteiger partial charge is 0.494 e. The van der Waals surface area contributed by atoms with Gasteiger partial charge in [0.15, 0.2) is 0 Å². The highest BCUT2D eigenvalue weighted by Gasteiger charge is 1.98. The number of nitrogens with one attached hydrogen (secondary N) is 1. The van der Waals surface area contributed by atoms with Crippen molar-refractivity contribution in [2.45, 2.75) is 52.7 Å². The van der Waals surface area contributed by atoms with Gasteiger partial charge in [0.05, 0.1) is 12.7 Å². The molecule has 0 saturated heterocycles. The maximum Gasteiger partial charge on any atom is 0.119 e. The van der Waals surface area contributed by atoms with Gasteiger partial charge in [-0.25, -0.2) is 0 Å². The van der Waals surface area contributed by atoms with Crippen LogP contribution in [0.15, 0.2) is 24.3 Å². The third-order valence-electron chi connectivity index (χ3n) is 3.19. The van der Waals surface area contributed by atoms with Crippen molar-refractivity contribution in [1.29, 1.82) is 0 Å². The Balaban J connectivity index is 2.18. The molecule has 0 amide bonds. The fourth-order valence-corrected chi connectivity index (χ4v) is 1.87. The van der Waals surface area contributed by atoms with Gasteiger partial charge in [0, 0.05) is 6.54 Å². The van der Waals surface area contributed by atoms with Crippen LogP contribution in [0.2, 0.25) is 0 Å². The molecule has 1 aromatic carbocycles. The van der Waals surface area contributed by atoms with Crippen molar-refractivity contribution in [3.05, 3.63) is 29.8 Å². The predicted octanol–water partition coefficient (Wildman–Crippen LogP) is 3.36. The van der Waals surface area contributed by atoms with Gasteiger partial charge in [0.25, 0.3) is 0 Å². The van der Waals surface area contributed by atoms with E-state index in [1.165, 1.54) is 5.56 Å². The van der Waals surface area contributed by atoms with Crippen LogP contribution in [0.25, 0.3) is 0 Å². The highest BCUT2D eigenvalue weighted by atomic mass is 16.5. The van der Waals surface area contributed by atoms with Crippen LogP contribution in [0.4, 0.5) is 0 Å². The molecule has 0 saturated carbocycles. The lowest BCUT2D eigenvalue weighted by molar-refractivity contribution is 0.181. The Hall–Kier alpha value is -1.06. The molecule has 2 N–H and O–H groups in total. The van der Waals surface area contributed by atoms with E-state index in [1.54, 1.807) is 0 Å². The van der Waals surface area contributed by atoms with E-state index in [2.05, 4.69) is 31.3 Å². The van der Waals surface area contributed by atoms with Crippen molar-refractivity contribution < 1.29 is 9.84 Å². The van der Waals surface area contributed by atoms with E-state index in [9.17, 15) is 0 Å². The van der Waals surface area contributed by atoms with Gasteiger partial charge in [-0.2, -0.15) is 0 Å². The zero-order chi connectivity index (χ0) is 14.8. The molecule has 1 atom stereocenters. The predicted molar refractivity (Wildman–Crippen MR) is 84.0 cm³/mol. The summed E-state index contributed by atoms with van der Waals surface area (Å²) in [4.78, 5) is 0. The molecule has 0 bridgehead atoms. The summed E-state index contributed by atoms with van der Waals surface area (Å²) in [6.07, 6.45) is 2.76. The summed E-state index contributed by atoms with van der Waals surface area (Å²) < 4.78 is 5.69. The molecule has 0 aliphatic rings. The fourth-order valence-electron chi connectivity index (χ4n) is 1.87. The van der Waals surface area contributed by atoms with Crippen LogP contribution < -0.4 is 10.1 Å². The smallest absolute Gasteiger partial charge is 0.119 e. The van der Waals surface area contributed by atoms with E-state index in [0.29, 0.717) is 5.92 Å². The molecule has 20 heavy (non-hydrogen) atoms. The van der Waals surface area contributed by atoms with Crippen LogP contribution >= 0.6 is 0 Å². The molecule has 1 unspecified atom stereocenters. The quantitative estimate of drug-likeness (QED) is 0.645. The zero-order valence-electron chi connectivity index (χ0n) is 13.1. The number of benzene rings is 1. The number of hydrogen-bond acceptors (Lipinski definition) is 3. The van der Waals surface area contributed by atoms with E-state index in [-0.39, 0.29) is 6.10 Å². The van der Waals surface area contributed by atoms with E-state index < -0.39 is 0 Å². The molecule has 114 valence electrons. The van der Waals surface area contributed by atoms with Crippen LogP contribution in [0.5, 0.6) is 5.75 Å². The maximum atomic E-state index is 9.16. The number of hydrogen-bond donors (Lipinski definition) is 2. The molecule has 0 aliphatic heterocycles. The van der Waals surface area contributed by atoms with Crippen molar-refractivity contribution in [2.75, 3.05) is 13.2 Å². The Bertz CT molecular complexity index is 347. The van der Waals surface area contributed by atoms with Crippen molar-refractivity contribution in [3.63, 3.8) is 0 Å². The van der Waals surface area contributed by atoms with E-state index in [0.717, 1.165) is 44.7 Å². The standard InChI is InChI=1S/C17H29NO2/c1-14(2)10-12-20-17-8-6-16(7-9-17)13-18-11-4-5-15(3)19/h6-9,14-15,18-19H,4-5,10-13H2,1-3H3. The Morgan fingerprint density at radius 1 is 1.10 bits per heavy atom. The Kier molecular flexibility index (Phi) is 8.31. The lowest BCUT2D eigenvalue weighted by Crippen LogP contribution is -2.16. The van der Waals surface area contributed by atoms with Gasteiger partial charge in [0.2, 0.25) is 0 Å². The first-order valence-corrected chi connectivity index (χ1v) is 7.68. The highest BCUT2D eigenvalue weighted by Crippen LogP contribution is 2.13. The molecule has 0 radical (unpaired) electrons. The molecule has 1 aromatic rings. The van der Waals surface area contributed by atoms with Crippen molar-refractivity contribution in [2.24, 2.45) is 5.92 Å². The van der Waals surface area contributed by atoms with Gasteiger partial charge >= 0.3 is 0 Å². The van der Waals surface area contributed by atoms with Gasteiger partial charge in [-0.05, 0) is 56.3 Å². The second kappa shape index (κ2) is 9.78. The third kappa shape index (κ3) is 8.18. The average Bonchev–Trinajstić information content (AvgIpc) is 2.39. The summed E-state index contributed by atoms with van der Waals surface area (Å²) in [5.41, 5.74) is 1.26. The van der Waals surface area contributed by atoms with Crippen LogP contribution in [0.1, 0.15) is 45.6 Å². The molecule has 0 fully saturated rings. The van der Waals surface area contributed by atoms with E-state index >= 15 is 0 Å². The summed E-state index contributed by atoms with van der Waals surface area (Å²) in [5, 5.41) is 12.5. The van der Waals surface area contributed by atoms with Crippen molar-refractivity contribution in [3.8, 4) is 5.75 Å². The first-order valence-electron chi connectivity index (χ1n) is 7.68. The number of aliphatic hydroxyl groups is 1. The number of rotatable bonds is 10. The lowest BCUT2D eigenvalue weighted by atomic mass is 10.1. The summed E-state index contributed by atoms with van der Waals surface area (Å²) in [7, 11) is 0. The Labute approximate surface area is 123 Å². The monoisotopic (exact) mass is 279 g/mol. The first kappa shape index (κ1) is 17.0. The molecule has 1 rings (SSSR count). The lowest BCUT2D eigenvalue weighted by Gasteiger charge is -2.09. The molecule has 0 heterocycles. The number of ether oxygens (including phenoxy) is 1. The van der Waals surface area contributed by atoms with Gasteiger partial charge in [-0.15, -0.1) is 0 Å². The van der Waals surface area contributed by atoms with Crippen LogP contribution in [-0.2, 0) is 6.54 Å². The summed E-state index contributed by atoms with van der Waals surface area (Å²) in [6, 6.07) is 8.28. The van der Waals surface area contributed by atoms with Gasteiger partial charge in [0.1, 0.15) is 5.75 Å². The topological polar surface area (TPSA) is 41.5 Å². The molecule has 3 nitrogen and oxygen atoms in total. The second-order valence-corrected chi connectivity index (χ2v) is 5.84. The Morgan fingerprint density at radius 2 is 1.80 bits per heavy atom. The zero-order valence-corrected chi connectivity index (χ0v) is 13.1. The van der Waals surface area contributed by atoms with Crippen molar-refractivity contribution >= 4 is 0 Å². The third-order valence-corrected chi connectivity index (χ3v) is 3.19. The van der Waals surface area contributed by atoms with Gasteiger partial charge < -0.3 is 15.2 Å². The summed E-state index contributed by atoms with van der Waals surface area (Å²) in [5.74, 6) is 1.63. The summed E-state index contributed by atoms with van der Waals surface area (Å²) >= 11 is 0. The second-order valence-electron chi connectivity index (χ2n) is 5.84. The summed E-state index contributed by atoms with van der Waals surface area (Å²) in [6.45, 7) is 8.83. The van der Waals surface area contributed by atoms with Crippen LogP contribution in [0, 0.1) is 5.92 Å². The molecule has 0 aromatic heterocycles. The van der Waals surface area contributed by atoms with Crippen LogP contribution in [-0.4, -0.2) is 24.4 Å². The first-order chi connectivity index (χ1) is 9.58. The minimum Gasteiger partial charge on any atom is -0.494 e. The molecule has 0 aliphatic carbocycles. The molecule has 0 spiro atoms. The van der Waals surface area contributed by atoms with E-state index in [1.807, 2.05) is 19.1 Å².